The van der Waals surface area contributed by atoms with Crippen LogP contribution in [0.3, 0.4) is 0 Å². The van der Waals surface area contributed by atoms with Crippen LogP contribution in [0.4, 0.5) is 5.69 Å². The number of anilines is 1. The largest absolute Gasteiger partial charge is 0.368 e. The number of hydrogen-bond donors (Lipinski definition) is 0. The van der Waals surface area contributed by atoms with Crippen molar-refractivity contribution in [3.63, 3.8) is 0 Å². The van der Waals surface area contributed by atoms with Gasteiger partial charge in [-0.1, -0.05) is 51.2 Å². The fourth-order valence-electron chi connectivity index (χ4n) is 3.30. The Morgan fingerprint density at radius 1 is 1.00 bits per heavy atom. The Labute approximate surface area is 141 Å². The third kappa shape index (κ3) is 5.89. The summed E-state index contributed by atoms with van der Waals surface area (Å²) in [6.45, 7) is 7.51. The molecule has 3 heteroatoms. The maximum absolute atomic E-state index is 11.4. The normalized spacial score (nSPS) is 15.0. The predicted molar refractivity (Wildman–Crippen MR) is 98.0 cm³/mol. The van der Waals surface area contributed by atoms with Crippen molar-refractivity contribution in [2.75, 3.05) is 31.1 Å². The molecule has 1 amide bonds. The Kier molecular flexibility index (Phi) is 7.44. The topological polar surface area (TPSA) is 23.6 Å². The Bertz CT molecular complexity index is 478. The van der Waals surface area contributed by atoms with E-state index in [1.54, 1.807) is 6.92 Å². The number of carbonyl (C=O) groups is 1. The van der Waals surface area contributed by atoms with Gasteiger partial charge in [0.1, 0.15) is 0 Å². The first-order valence-corrected chi connectivity index (χ1v) is 9.30. The van der Waals surface area contributed by atoms with Gasteiger partial charge in [-0.05, 0) is 30.5 Å². The third-order valence-electron chi connectivity index (χ3n) is 4.82. The maximum Gasteiger partial charge on any atom is 0.219 e. The van der Waals surface area contributed by atoms with Gasteiger partial charge in [0.2, 0.25) is 5.91 Å². The number of nitrogens with zero attached hydrogens (tertiary/aromatic N) is 2. The van der Waals surface area contributed by atoms with E-state index in [-0.39, 0.29) is 5.91 Å². The molecule has 0 aliphatic carbocycles. The predicted octanol–water partition coefficient (Wildman–Crippen LogP) is 4.26. The van der Waals surface area contributed by atoms with Crippen LogP contribution in [0.15, 0.2) is 24.3 Å². The first-order valence-electron chi connectivity index (χ1n) is 9.30. The molecular weight excluding hydrogens is 284 g/mol. The van der Waals surface area contributed by atoms with Crippen molar-refractivity contribution in [2.45, 2.75) is 58.8 Å². The van der Waals surface area contributed by atoms with Crippen LogP contribution < -0.4 is 4.90 Å². The summed E-state index contributed by atoms with van der Waals surface area (Å²) in [5.41, 5.74) is 2.77. The minimum atomic E-state index is 0.196. The Balaban J connectivity index is 1.77. The molecule has 0 unspecified atom stereocenters. The SMILES string of the molecule is CCCCCCCCc1cccc(N2CCN(C(C)=O)CC2)c1. The molecule has 3 nitrogen and oxygen atoms in total. The summed E-state index contributed by atoms with van der Waals surface area (Å²) in [4.78, 5) is 15.8. The molecule has 1 fully saturated rings. The van der Waals surface area contributed by atoms with E-state index in [1.165, 1.54) is 56.2 Å². The Morgan fingerprint density at radius 2 is 1.70 bits per heavy atom. The van der Waals surface area contributed by atoms with E-state index in [2.05, 4.69) is 36.1 Å². The van der Waals surface area contributed by atoms with Gasteiger partial charge in [0.15, 0.2) is 0 Å². The first kappa shape index (κ1) is 17.8. The minimum Gasteiger partial charge on any atom is -0.368 e. The van der Waals surface area contributed by atoms with Crippen molar-refractivity contribution in [3.8, 4) is 0 Å². The highest BCUT2D eigenvalue weighted by molar-refractivity contribution is 5.73. The first-order chi connectivity index (χ1) is 11.2. The molecule has 23 heavy (non-hydrogen) atoms. The molecule has 0 radical (unpaired) electrons. The fourth-order valence-corrected chi connectivity index (χ4v) is 3.30. The average molecular weight is 316 g/mol. The molecule has 2 rings (SSSR count). The van der Waals surface area contributed by atoms with E-state index in [9.17, 15) is 4.79 Å². The van der Waals surface area contributed by atoms with E-state index in [0.29, 0.717) is 0 Å². The molecule has 128 valence electrons. The second kappa shape index (κ2) is 9.59. The third-order valence-corrected chi connectivity index (χ3v) is 4.82. The highest BCUT2D eigenvalue weighted by Gasteiger charge is 2.18. The summed E-state index contributed by atoms with van der Waals surface area (Å²) in [6, 6.07) is 8.98. The molecule has 0 N–H and O–H groups in total. The van der Waals surface area contributed by atoms with E-state index >= 15 is 0 Å². The average Bonchev–Trinajstić information content (AvgIpc) is 2.58. The van der Waals surface area contributed by atoms with Crippen LogP contribution in [0.2, 0.25) is 0 Å². The van der Waals surface area contributed by atoms with Crippen molar-refractivity contribution >= 4 is 11.6 Å². The lowest BCUT2D eigenvalue weighted by Gasteiger charge is -2.35. The number of carbonyl (C=O) groups excluding carboxylic acids is 1. The number of piperazine rings is 1. The molecule has 0 atom stereocenters. The van der Waals surface area contributed by atoms with Gasteiger partial charge in [-0.2, -0.15) is 0 Å². The van der Waals surface area contributed by atoms with Gasteiger partial charge < -0.3 is 9.80 Å². The van der Waals surface area contributed by atoms with Crippen molar-refractivity contribution in [3.05, 3.63) is 29.8 Å². The van der Waals surface area contributed by atoms with Gasteiger partial charge in [0.05, 0.1) is 0 Å². The smallest absolute Gasteiger partial charge is 0.219 e. The van der Waals surface area contributed by atoms with Gasteiger partial charge in [0.25, 0.3) is 0 Å². The Hall–Kier alpha value is -1.51. The minimum absolute atomic E-state index is 0.196. The number of unbranched alkanes of at least 4 members (excludes halogenated alkanes) is 5. The summed E-state index contributed by atoms with van der Waals surface area (Å²) in [5, 5.41) is 0. The lowest BCUT2D eigenvalue weighted by molar-refractivity contribution is -0.129. The summed E-state index contributed by atoms with van der Waals surface area (Å²) >= 11 is 0. The molecule has 1 heterocycles. The molecule has 0 spiro atoms. The monoisotopic (exact) mass is 316 g/mol. The van der Waals surface area contributed by atoms with Crippen LogP contribution in [-0.2, 0) is 11.2 Å². The van der Waals surface area contributed by atoms with Crippen LogP contribution in [0.25, 0.3) is 0 Å². The maximum atomic E-state index is 11.4. The molecule has 1 aromatic carbocycles. The number of benzene rings is 1. The van der Waals surface area contributed by atoms with Gasteiger partial charge in [-0.25, -0.2) is 0 Å². The molecular formula is C20H32N2O. The standard InChI is InChI=1S/C20H32N2O/c1-3-4-5-6-7-8-10-19-11-9-12-20(17-19)22-15-13-21(14-16-22)18(2)23/h9,11-12,17H,3-8,10,13-16H2,1-2H3. The molecule has 0 saturated carbocycles. The zero-order valence-electron chi connectivity index (χ0n) is 14.9. The van der Waals surface area contributed by atoms with Crippen LogP contribution in [0.5, 0.6) is 0 Å². The number of hydrogen-bond acceptors (Lipinski definition) is 2. The second-order valence-corrected chi connectivity index (χ2v) is 6.68. The van der Waals surface area contributed by atoms with Crippen LogP contribution in [-0.4, -0.2) is 37.0 Å². The van der Waals surface area contributed by atoms with Crippen molar-refractivity contribution < 1.29 is 4.79 Å². The highest BCUT2D eigenvalue weighted by Crippen LogP contribution is 2.20. The fraction of sp³-hybridized carbons (Fsp3) is 0.650. The molecule has 1 aliphatic rings. The molecule has 0 aromatic heterocycles. The molecule has 1 saturated heterocycles. The second-order valence-electron chi connectivity index (χ2n) is 6.68. The number of rotatable bonds is 8. The van der Waals surface area contributed by atoms with Crippen molar-refractivity contribution in [2.24, 2.45) is 0 Å². The van der Waals surface area contributed by atoms with Crippen LogP contribution in [0.1, 0.15) is 57.9 Å². The highest BCUT2D eigenvalue weighted by atomic mass is 16.2. The zero-order chi connectivity index (χ0) is 16.5. The quantitative estimate of drug-likeness (QED) is 0.669. The lowest BCUT2D eigenvalue weighted by Crippen LogP contribution is -2.48. The molecule has 1 aliphatic heterocycles. The summed E-state index contributed by atoms with van der Waals surface area (Å²) in [5.74, 6) is 0.196. The van der Waals surface area contributed by atoms with Crippen LogP contribution >= 0.6 is 0 Å². The zero-order valence-corrected chi connectivity index (χ0v) is 14.9. The van der Waals surface area contributed by atoms with Crippen LogP contribution in [0, 0.1) is 0 Å². The van der Waals surface area contributed by atoms with E-state index < -0.39 is 0 Å². The van der Waals surface area contributed by atoms with Gasteiger partial charge in [-0.3, -0.25) is 4.79 Å². The summed E-state index contributed by atoms with van der Waals surface area (Å²) in [6.07, 6.45) is 9.29. The van der Waals surface area contributed by atoms with Gasteiger partial charge in [0, 0.05) is 38.8 Å². The van der Waals surface area contributed by atoms with Crippen molar-refractivity contribution in [1.82, 2.24) is 4.90 Å². The lowest BCUT2D eigenvalue weighted by atomic mass is 10.0. The Morgan fingerprint density at radius 3 is 2.39 bits per heavy atom. The molecule has 0 bridgehead atoms. The number of amides is 1. The number of aryl methyl sites for hydroxylation is 1. The van der Waals surface area contributed by atoms with E-state index in [1.807, 2.05) is 4.90 Å². The van der Waals surface area contributed by atoms with E-state index in [0.717, 1.165) is 26.2 Å². The van der Waals surface area contributed by atoms with Crippen molar-refractivity contribution in [1.29, 1.82) is 0 Å². The van der Waals surface area contributed by atoms with E-state index in [4.69, 9.17) is 0 Å². The molecule has 1 aromatic rings. The van der Waals surface area contributed by atoms with Gasteiger partial charge >= 0.3 is 0 Å². The summed E-state index contributed by atoms with van der Waals surface area (Å²) in [7, 11) is 0. The summed E-state index contributed by atoms with van der Waals surface area (Å²) < 4.78 is 0. The van der Waals surface area contributed by atoms with Gasteiger partial charge in [-0.15, -0.1) is 0 Å².